The molecule has 5 rings (SSSR count). The number of hydrogen-bond acceptors (Lipinski definition) is 13. The number of aliphatic hydroxyl groups excluding tert-OH is 5. The summed E-state index contributed by atoms with van der Waals surface area (Å²) >= 11 is 0. The third-order valence-corrected chi connectivity index (χ3v) is 7.71. The lowest BCUT2D eigenvalue weighted by Crippen LogP contribution is -2.64. The normalized spacial score (nSPS) is 24.7. The van der Waals surface area contributed by atoms with Crippen molar-refractivity contribution in [1.29, 1.82) is 0 Å². The molecule has 1 aromatic carbocycles. The summed E-state index contributed by atoms with van der Waals surface area (Å²) in [6.45, 7) is 3.12. The van der Waals surface area contributed by atoms with Gasteiger partial charge in [0.05, 0.1) is 29.9 Å². The number of benzene rings is 1. The molecular formula is C28H34N2O11. The molecule has 0 saturated heterocycles. The minimum atomic E-state index is -2.49. The molecule has 2 aromatic rings. The van der Waals surface area contributed by atoms with E-state index in [-0.39, 0.29) is 11.8 Å². The highest BCUT2D eigenvalue weighted by Crippen LogP contribution is 2.38. The Hall–Kier alpha value is -3.14. The van der Waals surface area contributed by atoms with Gasteiger partial charge in [-0.05, 0) is 44.6 Å². The monoisotopic (exact) mass is 574 g/mol. The van der Waals surface area contributed by atoms with Gasteiger partial charge < -0.3 is 44.7 Å². The summed E-state index contributed by atoms with van der Waals surface area (Å²) < 4.78 is 11.8. The molecule has 0 spiro atoms. The zero-order valence-electron chi connectivity index (χ0n) is 22.8. The van der Waals surface area contributed by atoms with Crippen LogP contribution in [0.1, 0.15) is 25.2 Å². The van der Waals surface area contributed by atoms with Gasteiger partial charge in [0, 0.05) is 24.8 Å². The minimum absolute atomic E-state index is 0.193. The van der Waals surface area contributed by atoms with Crippen LogP contribution in [0, 0.1) is 6.92 Å². The molecule has 0 aliphatic carbocycles. The fourth-order valence-electron chi connectivity index (χ4n) is 5.24. The molecule has 4 heterocycles. The molecule has 13 nitrogen and oxygen atoms in total. The zero-order chi connectivity index (χ0) is 29.7. The maximum Gasteiger partial charge on any atom is 0.192 e. The number of ether oxygens (including phenoxy) is 1. The predicted octanol–water partition coefficient (Wildman–Crippen LogP) is -0.576. The standard InChI is InChI=1S/C28H34N2O11/c1-14-6-19(32)16-7-15-8-24(27(2,3)40-21(15)10-22(16)39-14)41-38-12-23(34)28(37,26(36)20(33)11-31)13-30-18-4-5-29-17(18)9-25(30)35/h4-7,9-10,20,23-26,31,33-37H,8,11-13H2,1-3H3. The molecule has 0 radical (unpaired) electrons. The number of aryl methyl sites for hydroxylation is 1. The number of hydrogen-bond donors (Lipinski definition) is 6. The van der Waals surface area contributed by atoms with Crippen LogP contribution in [-0.2, 0) is 16.2 Å². The van der Waals surface area contributed by atoms with E-state index in [9.17, 15) is 35.4 Å². The third-order valence-electron chi connectivity index (χ3n) is 7.71. The van der Waals surface area contributed by atoms with E-state index in [1.807, 2.05) is 0 Å². The van der Waals surface area contributed by atoms with Crippen molar-refractivity contribution < 1.29 is 49.6 Å². The first kappa shape index (κ1) is 29.4. The largest absolute Gasteiger partial charge is 0.485 e. The SMILES string of the molecule is Cc1cc(=O)c2cc3c(cc2o1)OC(C)(C)C(OOCC(O)C(O)(CN1C2=CC=NC2=CC1O)C(O)C(O)CO)C3. The Morgan fingerprint density at radius 2 is 2.00 bits per heavy atom. The van der Waals surface area contributed by atoms with E-state index in [0.29, 0.717) is 39.4 Å². The number of fused-ring (bicyclic) bond motifs is 3. The molecule has 0 amide bonds. The van der Waals surface area contributed by atoms with E-state index < -0.39 is 61.6 Å². The topological polar surface area (TPSA) is 195 Å². The van der Waals surface area contributed by atoms with E-state index in [0.717, 1.165) is 0 Å². The van der Waals surface area contributed by atoms with Crippen molar-refractivity contribution in [3.05, 3.63) is 63.3 Å². The van der Waals surface area contributed by atoms with Gasteiger partial charge in [0.15, 0.2) is 5.43 Å². The second kappa shape index (κ2) is 10.9. The van der Waals surface area contributed by atoms with Crippen molar-refractivity contribution in [3.63, 3.8) is 0 Å². The van der Waals surface area contributed by atoms with Gasteiger partial charge in [0.2, 0.25) is 0 Å². The smallest absolute Gasteiger partial charge is 0.192 e. The van der Waals surface area contributed by atoms with Gasteiger partial charge in [-0.3, -0.25) is 9.79 Å². The lowest BCUT2D eigenvalue weighted by atomic mass is 9.86. The van der Waals surface area contributed by atoms with Crippen LogP contribution >= 0.6 is 0 Å². The number of nitrogens with zero attached hydrogens (tertiary/aromatic N) is 2. The molecule has 1 aromatic heterocycles. The molecule has 0 saturated carbocycles. The highest BCUT2D eigenvalue weighted by Gasteiger charge is 2.50. The Kier molecular flexibility index (Phi) is 7.82. The Morgan fingerprint density at radius 1 is 1.24 bits per heavy atom. The van der Waals surface area contributed by atoms with Gasteiger partial charge in [-0.2, -0.15) is 0 Å². The van der Waals surface area contributed by atoms with Gasteiger partial charge in [-0.1, -0.05) is 0 Å². The molecule has 6 N–H and O–H groups in total. The van der Waals surface area contributed by atoms with Crippen molar-refractivity contribution in [2.45, 2.75) is 69.0 Å². The van der Waals surface area contributed by atoms with Crippen LogP contribution in [0.2, 0.25) is 0 Å². The van der Waals surface area contributed by atoms with Crippen LogP contribution in [0.5, 0.6) is 5.75 Å². The second-order valence-corrected chi connectivity index (χ2v) is 11.1. The number of rotatable bonds is 10. The Labute approximate surface area is 234 Å². The molecule has 3 aliphatic rings. The molecule has 222 valence electrons. The highest BCUT2D eigenvalue weighted by atomic mass is 17.2. The van der Waals surface area contributed by atoms with E-state index >= 15 is 0 Å². The summed E-state index contributed by atoms with van der Waals surface area (Å²) in [6, 6.07) is 4.73. The quantitative estimate of drug-likeness (QED) is 0.156. The number of aliphatic imine (C=N–C) groups is 1. The number of allylic oxidation sites excluding steroid dienone is 1. The summed E-state index contributed by atoms with van der Waals surface area (Å²) in [5.74, 6) is 1.00. The van der Waals surface area contributed by atoms with Crippen LogP contribution in [0.25, 0.3) is 11.0 Å². The number of β-amino-alcohol motifs (C(OH)–C–C–N with tert-alkyl or cyclic N) is 1. The fourth-order valence-corrected chi connectivity index (χ4v) is 5.24. The lowest BCUT2D eigenvalue weighted by molar-refractivity contribution is -0.363. The van der Waals surface area contributed by atoms with Crippen LogP contribution in [0.4, 0.5) is 0 Å². The number of aliphatic hydroxyl groups is 6. The van der Waals surface area contributed by atoms with Gasteiger partial charge >= 0.3 is 0 Å². The minimum Gasteiger partial charge on any atom is -0.485 e. The van der Waals surface area contributed by atoms with Crippen molar-refractivity contribution in [1.82, 2.24) is 4.90 Å². The fraction of sp³-hybridized carbons (Fsp3) is 0.500. The first-order chi connectivity index (χ1) is 19.3. The molecule has 13 heteroatoms. The lowest BCUT2D eigenvalue weighted by Gasteiger charge is -2.42. The van der Waals surface area contributed by atoms with Crippen LogP contribution in [-0.4, -0.2) is 103 Å². The second-order valence-electron chi connectivity index (χ2n) is 11.1. The van der Waals surface area contributed by atoms with E-state index in [1.165, 1.54) is 23.3 Å². The summed E-state index contributed by atoms with van der Waals surface area (Å²) in [5, 5.41) is 63.5. The highest BCUT2D eigenvalue weighted by molar-refractivity contribution is 5.80. The van der Waals surface area contributed by atoms with E-state index in [1.54, 1.807) is 39.0 Å². The Morgan fingerprint density at radius 3 is 2.73 bits per heavy atom. The molecule has 3 aliphatic heterocycles. The van der Waals surface area contributed by atoms with Gasteiger partial charge in [0.25, 0.3) is 0 Å². The summed E-state index contributed by atoms with van der Waals surface area (Å²) in [6.07, 6.45) is -2.85. The van der Waals surface area contributed by atoms with Crippen LogP contribution in [0.3, 0.4) is 0 Å². The van der Waals surface area contributed by atoms with Crippen molar-refractivity contribution >= 4 is 17.2 Å². The van der Waals surface area contributed by atoms with Crippen molar-refractivity contribution in [2.24, 2.45) is 4.99 Å². The summed E-state index contributed by atoms with van der Waals surface area (Å²) in [7, 11) is 0. The average Bonchev–Trinajstić information content (AvgIpc) is 3.48. The zero-order valence-corrected chi connectivity index (χ0v) is 22.8. The van der Waals surface area contributed by atoms with Crippen molar-refractivity contribution in [3.8, 4) is 5.75 Å². The molecule has 6 unspecified atom stereocenters. The molecule has 41 heavy (non-hydrogen) atoms. The summed E-state index contributed by atoms with van der Waals surface area (Å²) in [5.41, 5.74) is -1.63. The predicted molar refractivity (Wildman–Crippen MR) is 144 cm³/mol. The van der Waals surface area contributed by atoms with E-state index in [4.69, 9.17) is 18.9 Å². The first-order valence-corrected chi connectivity index (χ1v) is 13.2. The Balaban J connectivity index is 1.30. The van der Waals surface area contributed by atoms with Gasteiger partial charge in [-0.15, -0.1) is 0 Å². The Bertz CT molecular complexity index is 1460. The molecule has 6 atom stereocenters. The average molecular weight is 575 g/mol. The molecular weight excluding hydrogens is 540 g/mol. The maximum atomic E-state index is 12.5. The van der Waals surface area contributed by atoms with E-state index in [2.05, 4.69) is 4.99 Å². The maximum absolute atomic E-state index is 12.5. The molecule has 0 fully saturated rings. The van der Waals surface area contributed by atoms with Crippen LogP contribution in [0.15, 0.2) is 55.9 Å². The van der Waals surface area contributed by atoms with Gasteiger partial charge in [-0.25, -0.2) is 9.78 Å². The molecule has 0 bridgehead atoms. The van der Waals surface area contributed by atoms with Crippen LogP contribution < -0.4 is 10.2 Å². The third kappa shape index (κ3) is 5.43. The van der Waals surface area contributed by atoms with Crippen molar-refractivity contribution in [2.75, 3.05) is 19.8 Å². The van der Waals surface area contributed by atoms with Gasteiger partial charge in [0.1, 0.15) is 65.5 Å². The summed E-state index contributed by atoms with van der Waals surface area (Å²) in [4.78, 5) is 28.8. The first-order valence-electron chi connectivity index (χ1n) is 13.2.